The minimum absolute atomic E-state index is 0.458. The van der Waals surface area contributed by atoms with Gasteiger partial charge in [-0.15, -0.1) is 0 Å². The standard InChI is InChI=1S/C24H26N4O2/c1-16-26-14-20(17-7-8-22(27-13-17)24(29)9-3-4-10-24)23(28-16)30-15-18-12-19(18)21-6-2-5-11-25-21/h2,5-8,11,13-14,18-19,29H,3-4,9-10,12,15H2,1H3/t18-,19+/m1/s1. The number of hydrogen-bond acceptors (Lipinski definition) is 6. The van der Waals surface area contributed by atoms with E-state index < -0.39 is 5.60 Å². The van der Waals surface area contributed by atoms with E-state index in [2.05, 4.69) is 26.0 Å². The van der Waals surface area contributed by atoms with Crippen molar-refractivity contribution in [1.29, 1.82) is 0 Å². The van der Waals surface area contributed by atoms with Crippen LogP contribution in [0.25, 0.3) is 11.1 Å². The first-order chi connectivity index (χ1) is 14.6. The van der Waals surface area contributed by atoms with Gasteiger partial charge < -0.3 is 9.84 Å². The highest BCUT2D eigenvalue weighted by Crippen LogP contribution is 2.47. The van der Waals surface area contributed by atoms with Crippen molar-refractivity contribution in [3.05, 3.63) is 66.1 Å². The number of aromatic nitrogens is 4. The zero-order valence-corrected chi connectivity index (χ0v) is 17.2. The fourth-order valence-electron chi connectivity index (χ4n) is 4.38. The molecular weight excluding hydrogens is 376 g/mol. The Bertz CT molecular complexity index is 1020. The third-order valence-corrected chi connectivity index (χ3v) is 6.28. The van der Waals surface area contributed by atoms with Gasteiger partial charge in [-0.3, -0.25) is 9.97 Å². The Labute approximate surface area is 176 Å². The molecule has 2 saturated carbocycles. The van der Waals surface area contributed by atoms with E-state index in [1.807, 2.05) is 37.4 Å². The summed E-state index contributed by atoms with van der Waals surface area (Å²) in [6, 6.07) is 9.95. The molecule has 2 aliphatic carbocycles. The second-order valence-electron chi connectivity index (χ2n) is 8.47. The number of ether oxygens (including phenoxy) is 1. The molecule has 0 radical (unpaired) electrons. The fourth-order valence-corrected chi connectivity index (χ4v) is 4.38. The molecule has 5 rings (SSSR count). The van der Waals surface area contributed by atoms with Crippen molar-refractivity contribution >= 4 is 0 Å². The van der Waals surface area contributed by atoms with Crippen LogP contribution >= 0.6 is 0 Å². The highest BCUT2D eigenvalue weighted by molar-refractivity contribution is 5.67. The first-order valence-corrected chi connectivity index (χ1v) is 10.7. The van der Waals surface area contributed by atoms with Crippen LogP contribution in [-0.2, 0) is 5.60 Å². The molecule has 3 aromatic rings. The minimum atomic E-state index is -0.784. The van der Waals surface area contributed by atoms with Gasteiger partial charge in [0.1, 0.15) is 11.4 Å². The number of nitrogens with zero attached hydrogens (tertiary/aromatic N) is 4. The lowest BCUT2D eigenvalue weighted by Gasteiger charge is -2.21. The van der Waals surface area contributed by atoms with Crippen molar-refractivity contribution in [2.24, 2.45) is 5.92 Å². The summed E-state index contributed by atoms with van der Waals surface area (Å²) < 4.78 is 6.14. The van der Waals surface area contributed by atoms with Gasteiger partial charge in [0.15, 0.2) is 0 Å². The summed E-state index contributed by atoms with van der Waals surface area (Å²) in [6.07, 6.45) is 10.2. The predicted octanol–water partition coefficient (Wildman–Crippen LogP) is 4.19. The van der Waals surface area contributed by atoms with E-state index in [1.54, 1.807) is 12.4 Å². The first-order valence-electron chi connectivity index (χ1n) is 10.7. The first kappa shape index (κ1) is 19.1. The second kappa shape index (κ2) is 7.76. The quantitative estimate of drug-likeness (QED) is 0.666. The molecule has 1 N–H and O–H groups in total. The summed E-state index contributed by atoms with van der Waals surface area (Å²) in [5.41, 5.74) is 2.82. The lowest BCUT2D eigenvalue weighted by Crippen LogP contribution is -2.22. The van der Waals surface area contributed by atoms with Crippen molar-refractivity contribution in [1.82, 2.24) is 19.9 Å². The molecule has 30 heavy (non-hydrogen) atoms. The fraction of sp³-hybridized carbons (Fsp3) is 0.417. The number of aryl methyl sites for hydroxylation is 1. The molecule has 0 bridgehead atoms. The van der Waals surface area contributed by atoms with Crippen LogP contribution in [-0.4, -0.2) is 31.6 Å². The Hall–Kier alpha value is -2.86. The van der Waals surface area contributed by atoms with Gasteiger partial charge in [0.2, 0.25) is 5.88 Å². The predicted molar refractivity (Wildman–Crippen MR) is 113 cm³/mol. The smallest absolute Gasteiger partial charge is 0.224 e. The van der Waals surface area contributed by atoms with Gasteiger partial charge in [0.25, 0.3) is 0 Å². The van der Waals surface area contributed by atoms with Crippen LogP contribution in [0, 0.1) is 12.8 Å². The lowest BCUT2D eigenvalue weighted by molar-refractivity contribution is 0.0400. The summed E-state index contributed by atoms with van der Waals surface area (Å²) >= 11 is 0. The maximum atomic E-state index is 10.8. The molecule has 6 heteroatoms. The summed E-state index contributed by atoms with van der Waals surface area (Å²) in [5, 5.41) is 10.8. The van der Waals surface area contributed by atoms with E-state index in [0.717, 1.165) is 54.6 Å². The lowest BCUT2D eigenvalue weighted by atomic mass is 9.96. The minimum Gasteiger partial charge on any atom is -0.477 e. The van der Waals surface area contributed by atoms with Gasteiger partial charge in [-0.25, -0.2) is 4.98 Å². The molecule has 2 aliphatic rings. The third-order valence-electron chi connectivity index (χ3n) is 6.28. The monoisotopic (exact) mass is 402 g/mol. The molecule has 0 saturated heterocycles. The number of hydrogen-bond donors (Lipinski definition) is 1. The van der Waals surface area contributed by atoms with Crippen molar-refractivity contribution in [2.45, 2.75) is 50.5 Å². The average molecular weight is 402 g/mol. The van der Waals surface area contributed by atoms with E-state index in [0.29, 0.717) is 30.1 Å². The Balaban J connectivity index is 1.32. The highest BCUT2D eigenvalue weighted by Gasteiger charge is 2.40. The summed E-state index contributed by atoms with van der Waals surface area (Å²) in [5.74, 6) is 2.18. The van der Waals surface area contributed by atoms with Crippen molar-refractivity contribution in [3.63, 3.8) is 0 Å². The molecule has 0 aliphatic heterocycles. The average Bonchev–Trinajstić information content (AvgIpc) is 3.43. The number of rotatable bonds is 6. The molecule has 0 aromatic carbocycles. The normalized spacial score (nSPS) is 22.1. The van der Waals surface area contributed by atoms with Crippen molar-refractivity contribution in [2.75, 3.05) is 6.61 Å². The molecule has 3 aromatic heterocycles. The summed E-state index contributed by atoms with van der Waals surface area (Å²) in [7, 11) is 0. The van der Waals surface area contributed by atoms with Crippen LogP contribution < -0.4 is 4.74 Å². The van der Waals surface area contributed by atoms with Gasteiger partial charge in [-0.05, 0) is 44.4 Å². The molecular formula is C24H26N4O2. The van der Waals surface area contributed by atoms with Gasteiger partial charge in [0, 0.05) is 41.7 Å². The summed E-state index contributed by atoms with van der Waals surface area (Å²) in [4.78, 5) is 17.9. The van der Waals surface area contributed by atoms with Crippen LogP contribution in [0.1, 0.15) is 55.2 Å². The van der Waals surface area contributed by atoms with E-state index >= 15 is 0 Å². The van der Waals surface area contributed by atoms with Crippen LogP contribution in [0.4, 0.5) is 0 Å². The molecule has 3 heterocycles. The Morgan fingerprint density at radius 2 is 1.93 bits per heavy atom. The van der Waals surface area contributed by atoms with Crippen molar-refractivity contribution < 1.29 is 9.84 Å². The van der Waals surface area contributed by atoms with Gasteiger partial charge in [0.05, 0.1) is 17.9 Å². The molecule has 0 amide bonds. The molecule has 2 atom stereocenters. The maximum Gasteiger partial charge on any atom is 0.224 e. The van der Waals surface area contributed by atoms with Crippen molar-refractivity contribution in [3.8, 4) is 17.0 Å². The molecule has 2 fully saturated rings. The van der Waals surface area contributed by atoms with Crippen LogP contribution in [0.3, 0.4) is 0 Å². The van der Waals surface area contributed by atoms with Gasteiger partial charge in [-0.1, -0.05) is 25.0 Å². The van der Waals surface area contributed by atoms with Gasteiger partial charge in [-0.2, -0.15) is 4.98 Å². The second-order valence-corrected chi connectivity index (χ2v) is 8.47. The number of aliphatic hydroxyl groups is 1. The molecule has 6 nitrogen and oxygen atoms in total. The molecule has 0 unspecified atom stereocenters. The summed E-state index contributed by atoms with van der Waals surface area (Å²) in [6.45, 7) is 2.47. The highest BCUT2D eigenvalue weighted by atomic mass is 16.5. The maximum absolute atomic E-state index is 10.8. The van der Waals surface area contributed by atoms with Gasteiger partial charge >= 0.3 is 0 Å². The Morgan fingerprint density at radius 1 is 1.07 bits per heavy atom. The largest absolute Gasteiger partial charge is 0.477 e. The van der Waals surface area contributed by atoms with Crippen LogP contribution in [0.15, 0.2) is 48.9 Å². The topological polar surface area (TPSA) is 81.0 Å². The Kier molecular flexibility index (Phi) is 4.95. The van der Waals surface area contributed by atoms with Crippen LogP contribution in [0.5, 0.6) is 5.88 Å². The zero-order valence-electron chi connectivity index (χ0n) is 17.2. The number of pyridine rings is 2. The SMILES string of the molecule is Cc1ncc(-c2ccc(C3(O)CCCC3)nc2)c(OC[C@H]2C[C@@H]2c2ccccn2)n1. The Morgan fingerprint density at radius 3 is 2.67 bits per heavy atom. The van der Waals surface area contributed by atoms with Crippen LogP contribution in [0.2, 0.25) is 0 Å². The molecule has 0 spiro atoms. The van der Waals surface area contributed by atoms with E-state index in [4.69, 9.17) is 4.74 Å². The third kappa shape index (κ3) is 3.79. The van der Waals surface area contributed by atoms with E-state index in [1.165, 1.54) is 0 Å². The zero-order chi connectivity index (χ0) is 20.6. The van der Waals surface area contributed by atoms with E-state index in [-0.39, 0.29) is 0 Å². The molecule has 154 valence electrons. The van der Waals surface area contributed by atoms with E-state index in [9.17, 15) is 5.11 Å².